The van der Waals surface area contributed by atoms with E-state index in [0.29, 0.717) is 44.7 Å². The van der Waals surface area contributed by atoms with E-state index in [1.807, 2.05) is 0 Å². The Hall–Kier alpha value is -5.69. The van der Waals surface area contributed by atoms with Crippen molar-refractivity contribution in [1.29, 1.82) is 0 Å². The highest BCUT2D eigenvalue weighted by molar-refractivity contribution is 7.51. The SMILES string of the molecule is CC(C)OC(=O)C(C)NP1(=O)OC[C@H]2O[C@@H](n3cnc4c(N)ncnc43)[C@](C)(Cl)[C@@H]2O1.CC(C)OP1(=O)OC[C@H]2O[C@@H](n3cnc4c(N)ncnc43)[C@](C)(Cl)[C@@H]2O1.CC(C)O[P@@]1(=O)OC[C@H]2O[C@@H](n3cnc4c(N)ncnc43)[C@](C)(Cl)[C@@H]2O1.CC(C)O[P@]1(=O)OC[C@H]2O[C@@H](n3cnc4c(N)ncnc43)[C@](C)(Cl)[C@@H]2O1. The number of halogens is 4. The van der Waals surface area contributed by atoms with Gasteiger partial charge in [-0.2, -0.15) is 0 Å². The summed E-state index contributed by atoms with van der Waals surface area (Å²) in [6.45, 7) is 22.4. The van der Waals surface area contributed by atoms with Crippen molar-refractivity contribution >= 4 is 152 Å². The molecule has 8 fully saturated rings. The first-order valence-corrected chi connectivity index (χ1v) is 41.4. The number of nitrogens with two attached hydrogens (primary N) is 4. The summed E-state index contributed by atoms with van der Waals surface area (Å²) in [5.74, 6) is 0.432. The van der Waals surface area contributed by atoms with Gasteiger partial charge in [0.15, 0.2) is 70.8 Å². The number of nitrogens with zero attached hydrogens (tertiary/aromatic N) is 16. The number of imidazole rings is 4. The number of alkyl halides is 4. The Morgan fingerprint density at radius 1 is 0.422 bits per heavy atom. The Kier molecular flexibility index (Phi) is 22.8. The van der Waals surface area contributed by atoms with Crippen LogP contribution >= 0.6 is 77.6 Å². The lowest BCUT2D eigenvalue weighted by Gasteiger charge is -2.36. The summed E-state index contributed by atoms with van der Waals surface area (Å²) in [4.78, 5) is 57.2. The average molecular weight is 1690 g/mol. The van der Waals surface area contributed by atoms with Crippen LogP contribution in [-0.4, -0.2) is 209 Å². The number of hydrogen-bond donors (Lipinski definition) is 5. The van der Waals surface area contributed by atoms with Gasteiger partial charge in [-0.1, -0.05) is 0 Å². The van der Waals surface area contributed by atoms with E-state index in [9.17, 15) is 23.1 Å². The Morgan fingerprint density at radius 2 is 0.679 bits per heavy atom. The number of fused-ring (bicyclic) bond motifs is 8. The molecule has 109 heavy (non-hydrogen) atoms. The molecule has 0 aromatic carbocycles. The number of carbonyl (C=O) groups is 1. The number of anilines is 4. The number of nitrogen functional groups attached to an aromatic ring is 4. The van der Waals surface area contributed by atoms with Crippen molar-refractivity contribution in [2.24, 2.45) is 0 Å². The molecule has 3 unspecified atom stereocenters. The number of phosphoric acid groups is 3. The molecule has 0 amide bonds. The zero-order valence-corrected chi connectivity index (χ0v) is 67.2. The van der Waals surface area contributed by atoms with Crippen molar-refractivity contribution in [1.82, 2.24) is 83.2 Å². The molecule has 0 radical (unpaired) electrons. The summed E-state index contributed by atoms with van der Waals surface area (Å²) in [5, 5.41) is 2.60. The number of ether oxygens (including phenoxy) is 5. The summed E-state index contributed by atoms with van der Waals surface area (Å²) < 4.78 is 147. The molecule has 8 aliphatic rings. The first kappa shape index (κ1) is 81.3. The van der Waals surface area contributed by atoms with E-state index < -0.39 is 136 Å². The predicted molar refractivity (Wildman–Crippen MR) is 388 cm³/mol. The van der Waals surface area contributed by atoms with E-state index in [1.54, 1.807) is 101 Å². The second-order valence-corrected chi connectivity index (χ2v) is 37.7. The maximum Gasteiger partial charge on any atom is 0.475 e. The highest BCUT2D eigenvalue weighted by Crippen LogP contribution is 2.65. The van der Waals surface area contributed by atoms with Crippen molar-refractivity contribution < 1.29 is 96.5 Å². The largest absolute Gasteiger partial charge is 0.475 e. The molecule has 0 bridgehead atoms. The molecule has 596 valence electrons. The molecule has 42 nitrogen and oxygen atoms in total. The summed E-state index contributed by atoms with van der Waals surface area (Å²) in [5.41, 5.74) is 27.0. The summed E-state index contributed by atoms with van der Waals surface area (Å²) in [6.07, 6.45) is 2.25. The fourth-order valence-corrected chi connectivity index (χ4v) is 21.5. The number of esters is 1. The monoisotopic (exact) mass is 1680 g/mol. The molecule has 8 aromatic rings. The maximum atomic E-state index is 13.2. The molecule has 21 atom stereocenters. The van der Waals surface area contributed by atoms with E-state index in [4.69, 9.17) is 143 Å². The molecular weight excluding hydrogens is 1600 g/mol. The van der Waals surface area contributed by atoms with E-state index in [0.717, 1.165) is 0 Å². The Morgan fingerprint density at radius 3 is 0.936 bits per heavy atom. The predicted octanol–water partition coefficient (Wildman–Crippen LogP) is 8.51. The van der Waals surface area contributed by atoms with Crippen LogP contribution in [0.3, 0.4) is 0 Å². The topological polar surface area (TPSA) is 524 Å². The van der Waals surface area contributed by atoms with Gasteiger partial charge >= 0.3 is 37.2 Å². The Labute approximate surface area is 641 Å². The number of aromatic nitrogens is 16. The number of phosphoric ester groups is 3. The Bertz CT molecular complexity index is 4560. The van der Waals surface area contributed by atoms with Crippen LogP contribution in [0.25, 0.3) is 44.7 Å². The minimum absolute atomic E-state index is 0.0389. The summed E-state index contributed by atoms with van der Waals surface area (Å²) in [7, 11) is -15.0. The van der Waals surface area contributed by atoms with Crippen LogP contribution in [-0.2, 0) is 96.5 Å². The van der Waals surface area contributed by atoms with E-state index in [1.165, 1.54) is 57.5 Å². The highest BCUT2D eigenvalue weighted by atomic mass is 35.5. The van der Waals surface area contributed by atoms with Gasteiger partial charge in [0, 0.05) is 0 Å². The van der Waals surface area contributed by atoms with Crippen molar-refractivity contribution in [3.8, 4) is 0 Å². The van der Waals surface area contributed by atoms with Gasteiger partial charge in [-0.25, -0.2) is 83.2 Å². The first-order valence-electron chi connectivity index (χ1n) is 34.0. The fraction of sp³-hybridized carbons (Fsp3) is 0.644. The fourth-order valence-electron chi connectivity index (χ4n) is 13.2. The van der Waals surface area contributed by atoms with Crippen LogP contribution in [0, 0.1) is 0 Å². The van der Waals surface area contributed by atoms with Gasteiger partial charge in [-0.3, -0.25) is 72.8 Å². The van der Waals surface area contributed by atoms with Crippen molar-refractivity contribution in [3.05, 3.63) is 50.6 Å². The minimum Gasteiger partial charge on any atom is -0.462 e. The molecule has 8 aromatic heterocycles. The van der Waals surface area contributed by atoms with Gasteiger partial charge in [0.05, 0.1) is 76.2 Å². The van der Waals surface area contributed by atoms with Crippen molar-refractivity contribution in [3.63, 3.8) is 0 Å². The molecule has 50 heteroatoms. The Balaban J connectivity index is 0.000000128. The zero-order chi connectivity index (χ0) is 78.6. The third-order valence-electron chi connectivity index (χ3n) is 17.9. The maximum absolute atomic E-state index is 13.2. The lowest BCUT2D eigenvalue weighted by Crippen LogP contribution is -2.47. The number of rotatable bonds is 14. The molecule has 16 rings (SSSR count). The molecule has 8 aliphatic heterocycles. The quantitative estimate of drug-likeness (QED) is 0.0386. The average Bonchev–Trinajstić information content (AvgIpc) is 1.60. The second-order valence-electron chi connectivity index (χ2n) is 28.0. The minimum atomic E-state index is -3.86. The molecule has 9 N–H and O–H groups in total. The van der Waals surface area contributed by atoms with Crippen LogP contribution in [0.15, 0.2) is 50.6 Å². The second kappa shape index (κ2) is 30.6. The molecule has 0 spiro atoms. The standard InChI is InChI=1S/C17H24ClN6O6P.3C14H19ClN5O5P/c1-8(2)28-15(25)9(3)23-31(26)27-5-10-12(30-31)17(4,18)16(29-10)24-7-22-11-13(19)20-6-21-14(11)24;3*1-7(2)24-26(21)22-4-8-10(25-26)14(3,15)13(23-8)20-6-19-9-11(16)17-5-18-12(9)20/h6-10,12,16H,5H2,1-4H3,(H,23,26)(H2,19,20,21);3*5-8,10,13H,4H2,1-3H3,(H2,16,17,18)/t9?,10-,12-,16-,17-,31?;8-,10-,13-,14-,26?;8-,10-,13-,14-,26+;8-,10-,13-,14-,26-/m1111/s1. The molecular formula is C59H81Cl4N21O21P4. The van der Waals surface area contributed by atoms with Crippen LogP contribution in [0.5, 0.6) is 0 Å². The van der Waals surface area contributed by atoms with Crippen LogP contribution in [0.4, 0.5) is 23.3 Å². The van der Waals surface area contributed by atoms with Crippen molar-refractivity contribution in [2.75, 3.05) is 49.4 Å². The van der Waals surface area contributed by atoms with Crippen LogP contribution in [0.2, 0.25) is 0 Å². The van der Waals surface area contributed by atoms with Gasteiger partial charge in [-0.05, 0) is 90.0 Å². The normalized spacial score (nSPS) is 36.4. The highest BCUT2D eigenvalue weighted by Gasteiger charge is 2.65. The third kappa shape index (κ3) is 15.9. The number of hydrogen-bond acceptors (Lipinski definition) is 37. The smallest absolute Gasteiger partial charge is 0.462 e. The van der Waals surface area contributed by atoms with E-state index in [2.05, 4.69) is 64.9 Å². The van der Waals surface area contributed by atoms with Crippen LogP contribution < -0.4 is 28.0 Å². The lowest BCUT2D eigenvalue weighted by atomic mass is 10.0. The van der Waals surface area contributed by atoms with Gasteiger partial charge in [0.1, 0.15) is 122 Å². The number of carbonyl (C=O) groups excluding carboxylic acids is 1. The summed E-state index contributed by atoms with van der Waals surface area (Å²) in [6, 6.07) is -0.915. The summed E-state index contributed by atoms with van der Waals surface area (Å²) >= 11 is 27.3. The molecule has 16 heterocycles. The van der Waals surface area contributed by atoms with E-state index in [-0.39, 0.29) is 74.1 Å². The van der Waals surface area contributed by atoms with Gasteiger partial charge in [0.25, 0.3) is 0 Å². The van der Waals surface area contributed by atoms with Crippen molar-refractivity contribution in [2.45, 2.75) is 214 Å². The zero-order valence-electron chi connectivity index (χ0n) is 60.6. The van der Waals surface area contributed by atoms with Crippen LogP contribution in [0.1, 0.15) is 115 Å². The first-order chi connectivity index (χ1) is 51.1. The van der Waals surface area contributed by atoms with Gasteiger partial charge < -0.3 is 46.6 Å². The lowest BCUT2D eigenvalue weighted by molar-refractivity contribution is -0.149. The van der Waals surface area contributed by atoms with Gasteiger partial charge in [-0.15, -0.1) is 46.4 Å². The molecule has 0 saturated carbocycles. The third-order valence-corrected chi connectivity index (χ3v) is 26.1. The molecule has 8 saturated heterocycles. The number of nitrogens with one attached hydrogen (secondary N) is 1. The van der Waals surface area contributed by atoms with Gasteiger partial charge in [0.2, 0.25) is 0 Å². The van der Waals surface area contributed by atoms with E-state index >= 15 is 0 Å². The molecule has 0 aliphatic carbocycles.